The quantitative estimate of drug-likeness (QED) is 0.754. The molecular formula is C18H20Cl2N2O4S. The van der Waals surface area contributed by atoms with E-state index in [1.165, 1.54) is 20.2 Å². The van der Waals surface area contributed by atoms with Crippen LogP contribution in [-0.2, 0) is 14.8 Å². The maximum absolute atomic E-state index is 12.4. The van der Waals surface area contributed by atoms with E-state index >= 15 is 0 Å². The zero-order valence-electron chi connectivity index (χ0n) is 15.3. The molecule has 0 fully saturated rings. The summed E-state index contributed by atoms with van der Waals surface area (Å²) in [6.45, 7) is 3.30. The number of carbonyl (C=O) groups is 1. The van der Waals surface area contributed by atoms with Crippen molar-refractivity contribution in [2.45, 2.75) is 18.7 Å². The lowest BCUT2D eigenvalue weighted by Gasteiger charge is -2.16. The predicted molar refractivity (Wildman–Crippen MR) is 107 cm³/mol. The second-order valence-electron chi connectivity index (χ2n) is 6.14. The van der Waals surface area contributed by atoms with Crippen LogP contribution in [0.2, 0.25) is 10.0 Å². The summed E-state index contributed by atoms with van der Waals surface area (Å²) in [6.07, 6.45) is 0. The van der Waals surface area contributed by atoms with Crippen LogP contribution in [0.5, 0.6) is 5.75 Å². The first-order valence-corrected chi connectivity index (χ1v) is 10.1. The first-order chi connectivity index (χ1) is 12.5. The van der Waals surface area contributed by atoms with Crippen LogP contribution in [0, 0.1) is 13.8 Å². The topological polar surface area (TPSA) is 75.7 Å². The molecule has 9 heteroatoms. The maximum Gasteiger partial charge on any atom is 0.262 e. The van der Waals surface area contributed by atoms with Gasteiger partial charge in [-0.2, -0.15) is 0 Å². The first-order valence-electron chi connectivity index (χ1n) is 7.93. The van der Waals surface area contributed by atoms with Gasteiger partial charge >= 0.3 is 0 Å². The van der Waals surface area contributed by atoms with Gasteiger partial charge in [0.25, 0.3) is 5.91 Å². The molecular weight excluding hydrogens is 411 g/mol. The minimum absolute atomic E-state index is 0.105. The molecule has 2 aromatic carbocycles. The lowest BCUT2D eigenvalue weighted by atomic mass is 10.1. The highest BCUT2D eigenvalue weighted by Crippen LogP contribution is 2.26. The van der Waals surface area contributed by atoms with Crippen LogP contribution in [0.15, 0.2) is 35.2 Å². The van der Waals surface area contributed by atoms with Gasteiger partial charge in [-0.1, -0.05) is 23.2 Å². The summed E-state index contributed by atoms with van der Waals surface area (Å²) >= 11 is 11.8. The smallest absolute Gasteiger partial charge is 0.262 e. The Morgan fingerprint density at radius 1 is 1.07 bits per heavy atom. The molecule has 0 aliphatic rings. The third kappa shape index (κ3) is 5.35. The van der Waals surface area contributed by atoms with E-state index in [9.17, 15) is 13.2 Å². The molecule has 0 radical (unpaired) electrons. The van der Waals surface area contributed by atoms with E-state index < -0.39 is 15.9 Å². The molecule has 0 spiro atoms. The van der Waals surface area contributed by atoms with Gasteiger partial charge in [0.05, 0.1) is 4.90 Å². The molecule has 0 aliphatic heterocycles. The van der Waals surface area contributed by atoms with E-state index in [1.807, 2.05) is 0 Å². The van der Waals surface area contributed by atoms with Gasteiger partial charge in [-0.3, -0.25) is 4.79 Å². The van der Waals surface area contributed by atoms with Gasteiger partial charge in [-0.15, -0.1) is 0 Å². The average molecular weight is 431 g/mol. The van der Waals surface area contributed by atoms with E-state index in [4.69, 9.17) is 27.9 Å². The van der Waals surface area contributed by atoms with Crippen LogP contribution >= 0.6 is 23.2 Å². The van der Waals surface area contributed by atoms with Crippen LogP contribution in [-0.4, -0.2) is 39.3 Å². The molecule has 0 atom stereocenters. The number of hydrogen-bond donors (Lipinski definition) is 1. The van der Waals surface area contributed by atoms with Gasteiger partial charge in [0.2, 0.25) is 10.0 Å². The number of halogens is 2. The van der Waals surface area contributed by atoms with Crippen LogP contribution in [0.1, 0.15) is 11.1 Å². The minimum atomic E-state index is -3.62. The van der Waals surface area contributed by atoms with Gasteiger partial charge in [-0.05, 0) is 55.3 Å². The largest absolute Gasteiger partial charge is 0.484 e. The molecule has 1 N–H and O–H groups in total. The van der Waals surface area contributed by atoms with Crippen LogP contribution in [0.25, 0.3) is 0 Å². The zero-order chi connectivity index (χ0) is 20.4. The maximum atomic E-state index is 12.4. The van der Waals surface area contributed by atoms with Gasteiger partial charge in [0.1, 0.15) is 5.75 Å². The van der Waals surface area contributed by atoms with Crippen molar-refractivity contribution >= 4 is 44.8 Å². The standard InChI is InChI=1S/C18H20Cl2N2O4S/c1-11-5-16(27(24,25)22(3)4)9-17(12(11)2)21-18(23)10-26-15-7-13(19)6-14(20)8-15/h5-9H,10H2,1-4H3,(H,21,23). The monoisotopic (exact) mass is 430 g/mol. The Balaban J connectivity index is 2.18. The first kappa shape index (κ1) is 21.5. The molecule has 0 saturated heterocycles. The fourth-order valence-corrected chi connectivity index (χ4v) is 3.78. The van der Waals surface area contributed by atoms with Crippen molar-refractivity contribution in [1.29, 1.82) is 0 Å². The molecule has 2 aromatic rings. The number of aryl methyl sites for hydroxylation is 1. The minimum Gasteiger partial charge on any atom is -0.484 e. The summed E-state index contributed by atoms with van der Waals surface area (Å²) in [5.74, 6) is -0.0764. The molecule has 0 heterocycles. The van der Waals surface area contributed by atoms with Gasteiger partial charge in [0.15, 0.2) is 6.61 Å². The van der Waals surface area contributed by atoms with E-state index in [2.05, 4.69) is 5.32 Å². The van der Waals surface area contributed by atoms with Crippen LogP contribution < -0.4 is 10.1 Å². The van der Waals surface area contributed by atoms with Crippen LogP contribution in [0.4, 0.5) is 5.69 Å². The van der Waals surface area contributed by atoms with Crippen molar-refractivity contribution in [3.63, 3.8) is 0 Å². The summed E-state index contributed by atoms with van der Waals surface area (Å²) in [5.41, 5.74) is 1.93. The predicted octanol–water partition coefficient (Wildman–Crippen LogP) is 3.88. The number of ether oxygens (including phenoxy) is 1. The number of sulfonamides is 1. The zero-order valence-corrected chi connectivity index (χ0v) is 17.7. The molecule has 146 valence electrons. The second kappa shape index (κ2) is 8.48. The third-order valence-corrected chi connectivity index (χ3v) is 6.13. The molecule has 0 bridgehead atoms. The van der Waals surface area contributed by atoms with E-state index in [0.717, 1.165) is 15.4 Å². The van der Waals surface area contributed by atoms with Crippen molar-refractivity contribution in [2.75, 3.05) is 26.0 Å². The number of hydrogen-bond acceptors (Lipinski definition) is 4. The number of anilines is 1. The Morgan fingerprint density at radius 2 is 1.67 bits per heavy atom. The van der Waals surface area contributed by atoms with Gasteiger partial charge in [0, 0.05) is 29.8 Å². The Labute approximate surface area is 169 Å². The molecule has 6 nitrogen and oxygen atoms in total. The van der Waals surface area contributed by atoms with Crippen molar-refractivity contribution in [3.8, 4) is 5.75 Å². The molecule has 0 aromatic heterocycles. The summed E-state index contributed by atoms with van der Waals surface area (Å²) in [4.78, 5) is 12.4. The molecule has 1 amide bonds. The highest BCUT2D eigenvalue weighted by Gasteiger charge is 2.20. The molecule has 0 aliphatic carbocycles. The van der Waals surface area contributed by atoms with E-state index in [-0.39, 0.29) is 11.5 Å². The van der Waals surface area contributed by atoms with Gasteiger partial charge < -0.3 is 10.1 Å². The van der Waals surface area contributed by atoms with E-state index in [0.29, 0.717) is 21.5 Å². The number of nitrogens with zero attached hydrogens (tertiary/aromatic N) is 1. The molecule has 2 rings (SSSR count). The fourth-order valence-electron chi connectivity index (χ4n) is 2.26. The number of amides is 1. The Bertz CT molecular complexity index is 955. The molecule has 0 unspecified atom stereocenters. The summed E-state index contributed by atoms with van der Waals surface area (Å²) < 4.78 is 31.3. The number of rotatable bonds is 6. The Kier molecular flexibility index (Phi) is 6.75. The van der Waals surface area contributed by atoms with Crippen molar-refractivity contribution in [1.82, 2.24) is 4.31 Å². The summed E-state index contributed by atoms with van der Waals surface area (Å²) in [7, 11) is -0.716. The van der Waals surface area contributed by atoms with Crippen molar-refractivity contribution in [2.24, 2.45) is 0 Å². The lowest BCUT2D eigenvalue weighted by Crippen LogP contribution is -2.24. The molecule has 0 saturated carbocycles. The fraction of sp³-hybridized carbons (Fsp3) is 0.278. The number of carbonyl (C=O) groups excluding carboxylic acids is 1. The highest BCUT2D eigenvalue weighted by atomic mass is 35.5. The normalized spacial score (nSPS) is 11.5. The average Bonchev–Trinajstić information content (AvgIpc) is 2.55. The number of benzene rings is 2. The van der Waals surface area contributed by atoms with Gasteiger partial charge in [-0.25, -0.2) is 12.7 Å². The highest BCUT2D eigenvalue weighted by molar-refractivity contribution is 7.89. The SMILES string of the molecule is Cc1cc(S(=O)(=O)N(C)C)cc(NC(=O)COc2cc(Cl)cc(Cl)c2)c1C. The Hall–Kier alpha value is -1.80. The second-order valence-corrected chi connectivity index (χ2v) is 9.17. The van der Waals surface area contributed by atoms with Crippen molar-refractivity contribution in [3.05, 3.63) is 51.5 Å². The molecule has 27 heavy (non-hydrogen) atoms. The van der Waals surface area contributed by atoms with Crippen molar-refractivity contribution < 1.29 is 17.9 Å². The van der Waals surface area contributed by atoms with E-state index in [1.54, 1.807) is 38.1 Å². The number of nitrogens with one attached hydrogen (secondary N) is 1. The summed E-state index contributed by atoms with van der Waals surface area (Å²) in [6, 6.07) is 7.65. The summed E-state index contributed by atoms with van der Waals surface area (Å²) in [5, 5.41) is 3.48. The third-order valence-electron chi connectivity index (χ3n) is 3.90. The Morgan fingerprint density at radius 3 is 2.22 bits per heavy atom. The lowest BCUT2D eigenvalue weighted by molar-refractivity contribution is -0.118. The van der Waals surface area contributed by atoms with Crippen LogP contribution in [0.3, 0.4) is 0 Å².